The number of likely N-dealkylation sites (tertiary alicyclic amines) is 1. The number of anilines is 1. The van der Waals surface area contributed by atoms with Gasteiger partial charge < -0.3 is 15.0 Å². The first-order valence-corrected chi connectivity index (χ1v) is 9.49. The van der Waals surface area contributed by atoms with E-state index in [1.807, 2.05) is 25.7 Å². The maximum Gasteiger partial charge on any atom is 0.410 e. The first-order chi connectivity index (χ1) is 10.9. The van der Waals surface area contributed by atoms with E-state index in [1.54, 1.807) is 11.8 Å². The summed E-state index contributed by atoms with van der Waals surface area (Å²) in [5, 5.41) is 3.45. The fourth-order valence-corrected chi connectivity index (χ4v) is 3.13. The van der Waals surface area contributed by atoms with Gasteiger partial charge in [0.15, 0.2) is 0 Å². The Hall–Kier alpha value is -1.36. The summed E-state index contributed by atoms with van der Waals surface area (Å²) in [4.78, 5) is 15.5. The summed E-state index contributed by atoms with van der Waals surface area (Å²) >= 11 is 1.74. The number of ether oxygens (including phenoxy) is 1. The highest BCUT2D eigenvalue weighted by atomic mass is 32.2. The normalized spacial score (nSPS) is 18.6. The molecule has 1 atom stereocenters. The summed E-state index contributed by atoms with van der Waals surface area (Å²) in [7, 11) is 0. The third-order valence-corrected chi connectivity index (χ3v) is 4.63. The van der Waals surface area contributed by atoms with Crippen molar-refractivity contribution in [3.8, 4) is 0 Å². The van der Waals surface area contributed by atoms with Crippen LogP contribution >= 0.6 is 11.8 Å². The van der Waals surface area contributed by atoms with Crippen LogP contribution in [0.5, 0.6) is 0 Å². The molecule has 4 nitrogen and oxygen atoms in total. The molecule has 1 aromatic carbocycles. The highest BCUT2D eigenvalue weighted by Gasteiger charge is 2.30. The predicted molar refractivity (Wildman–Crippen MR) is 97.3 cm³/mol. The molecule has 1 N–H and O–H groups in total. The number of nitrogens with one attached hydrogen (secondary N) is 1. The van der Waals surface area contributed by atoms with E-state index in [0.717, 1.165) is 38.0 Å². The molecule has 1 fully saturated rings. The van der Waals surface area contributed by atoms with E-state index in [-0.39, 0.29) is 12.1 Å². The summed E-state index contributed by atoms with van der Waals surface area (Å²) in [6.07, 6.45) is 5.12. The fraction of sp³-hybridized carbons (Fsp3) is 0.611. The molecular formula is C18H28N2O2S. The number of nitrogens with zero attached hydrogens (tertiary/aromatic N) is 1. The van der Waals surface area contributed by atoms with Gasteiger partial charge in [-0.25, -0.2) is 4.79 Å². The molecule has 1 amide bonds. The van der Waals surface area contributed by atoms with Gasteiger partial charge in [-0.2, -0.15) is 0 Å². The Kier molecular flexibility index (Phi) is 6.22. The van der Waals surface area contributed by atoms with Crippen LogP contribution in [0, 0.1) is 0 Å². The summed E-state index contributed by atoms with van der Waals surface area (Å²) < 4.78 is 5.55. The van der Waals surface area contributed by atoms with Crippen molar-refractivity contribution in [2.75, 3.05) is 24.7 Å². The van der Waals surface area contributed by atoms with Crippen molar-refractivity contribution in [3.05, 3.63) is 24.3 Å². The number of benzene rings is 1. The lowest BCUT2D eigenvalue weighted by Gasteiger charge is -2.37. The maximum atomic E-state index is 12.4. The van der Waals surface area contributed by atoms with Crippen LogP contribution in [0.25, 0.3) is 0 Å². The minimum absolute atomic E-state index is 0.193. The van der Waals surface area contributed by atoms with Crippen LogP contribution in [0.4, 0.5) is 10.5 Å². The van der Waals surface area contributed by atoms with E-state index in [4.69, 9.17) is 4.74 Å². The largest absolute Gasteiger partial charge is 0.444 e. The Balaban J connectivity index is 1.93. The van der Waals surface area contributed by atoms with E-state index in [2.05, 4.69) is 35.8 Å². The Bertz CT molecular complexity index is 511. The smallest absolute Gasteiger partial charge is 0.410 e. The molecule has 1 aliphatic heterocycles. The van der Waals surface area contributed by atoms with Gasteiger partial charge in [0.25, 0.3) is 0 Å². The highest BCUT2D eigenvalue weighted by Crippen LogP contribution is 2.22. The van der Waals surface area contributed by atoms with Crippen LogP contribution in [0.2, 0.25) is 0 Å². The van der Waals surface area contributed by atoms with Gasteiger partial charge in [-0.05, 0) is 70.6 Å². The molecule has 1 aromatic rings. The zero-order chi connectivity index (χ0) is 16.9. The van der Waals surface area contributed by atoms with Crippen LogP contribution in [-0.2, 0) is 4.74 Å². The molecule has 2 rings (SSSR count). The summed E-state index contributed by atoms with van der Waals surface area (Å²) in [6.45, 7) is 7.28. The van der Waals surface area contributed by atoms with Gasteiger partial charge >= 0.3 is 6.09 Å². The molecule has 0 saturated carbocycles. The Labute approximate surface area is 144 Å². The number of hydrogen-bond acceptors (Lipinski definition) is 4. The van der Waals surface area contributed by atoms with Crippen molar-refractivity contribution >= 4 is 23.5 Å². The fourth-order valence-electron chi connectivity index (χ4n) is 2.72. The second-order valence-corrected chi connectivity index (χ2v) is 7.81. The number of carbonyl (C=O) groups excluding carboxylic acids is 1. The molecule has 128 valence electrons. The number of rotatable bonds is 4. The molecule has 23 heavy (non-hydrogen) atoms. The van der Waals surface area contributed by atoms with Crippen LogP contribution < -0.4 is 5.32 Å². The molecule has 0 aliphatic carbocycles. The van der Waals surface area contributed by atoms with Gasteiger partial charge in [0, 0.05) is 23.7 Å². The van der Waals surface area contributed by atoms with E-state index < -0.39 is 5.60 Å². The molecular weight excluding hydrogens is 308 g/mol. The SMILES string of the molecule is CSc1ccc(NCC2CCCCN2C(=O)OC(C)(C)C)cc1. The van der Waals surface area contributed by atoms with E-state index in [9.17, 15) is 4.79 Å². The first-order valence-electron chi connectivity index (χ1n) is 8.26. The predicted octanol–water partition coefficient (Wildman–Crippen LogP) is 4.61. The average Bonchev–Trinajstić information content (AvgIpc) is 2.52. The zero-order valence-electron chi connectivity index (χ0n) is 14.6. The molecule has 5 heteroatoms. The van der Waals surface area contributed by atoms with Crippen molar-refractivity contribution in [2.45, 2.75) is 56.6 Å². The van der Waals surface area contributed by atoms with Crippen LogP contribution in [-0.4, -0.2) is 42.0 Å². The number of thioether (sulfide) groups is 1. The quantitative estimate of drug-likeness (QED) is 0.815. The standard InChI is InChI=1S/C18H28N2O2S/c1-18(2,3)22-17(21)20-12-6-5-7-15(20)13-19-14-8-10-16(23-4)11-9-14/h8-11,15,19H,5-7,12-13H2,1-4H3. The van der Waals surface area contributed by atoms with Crippen molar-refractivity contribution in [1.29, 1.82) is 0 Å². The van der Waals surface area contributed by atoms with Crippen molar-refractivity contribution in [2.24, 2.45) is 0 Å². The lowest BCUT2D eigenvalue weighted by molar-refractivity contribution is 0.0114. The van der Waals surface area contributed by atoms with E-state index >= 15 is 0 Å². The van der Waals surface area contributed by atoms with E-state index in [0.29, 0.717) is 0 Å². The average molecular weight is 337 g/mol. The van der Waals surface area contributed by atoms with Crippen molar-refractivity contribution in [3.63, 3.8) is 0 Å². The third-order valence-electron chi connectivity index (χ3n) is 3.89. The third kappa shape index (κ3) is 5.65. The number of piperidine rings is 1. The van der Waals surface area contributed by atoms with Crippen LogP contribution in [0.1, 0.15) is 40.0 Å². The van der Waals surface area contributed by atoms with Crippen LogP contribution in [0.3, 0.4) is 0 Å². The Morgan fingerprint density at radius 3 is 2.61 bits per heavy atom. The van der Waals surface area contributed by atoms with Gasteiger partial charge in [-0.15, -0.1) is 11.8 Å². The van der Waals surface area contributed by atoms with Gasteiger partial charge in [0.2, 0.25) is 0 Å². The molecule has 0 bridgehead atoms. The second-order valence-electron chi connectivity index (χ2n) is 6.93. The van der Waals surface area contributed by atoms with Gasteiger partial charge in [-0.1, -0.05) is 0 Å². The number of amides is 1. The highest BCUT2D eigenvalue weighted by molar-refractivity contribution is 7.98. The second kappa shape index (κ2) is 7.95. The number of carbonyl (C=O) groups is 1. The van der Waals surface area contributed by atoms with Crippen molar-refractivity contribution in [1.82, 2.24) is 4.90 Å². The maximum absolute atomic E-state index is 12.4. The van der Waals surface area contributed by atoms with Crippen LogP contribution in [0.15, 0.2) is 29.2 Å². The minimum atomic E-state index is -0.444. The first kappa shape index (κ1) is 18.0. The monoisotopic (exact) mass is 336 g/mol. The summed E-state index contributed by atoms with van der Waals surface area (Å²) in [6, 6.07) is 8.59. The topological polar surface area (TPSA) is 41.6 Å². The lowest BCUT2D eigenvalue weighted by atomic mass is 10.0. The number of hydrogen-bond donors (Lipinski definition) is 1. The molecule has 1 heterocycles. The zero-order valence-corrected chi connectivity index (χ0v) is 15.4. The molecule has 1 saturated heterocycles. The van der Waals surface area contributed by atoms with Gasteiger partial charge in [0.1, 0.15) is 5.60 Å². The van der Waals surface area contributed by atoms with E-state index in [1.165, 1.54) is 4.90 Å². The molecule has 1 aliphatic rings. The molecule has 0 aromatic heterocycles. The minimum Gasteiger partial charge on any atom is -0.444 e. The van der Waals surface area contributed by atoms with Crippen molar-refractivity contribution < 1.29 is 9.53 Å². The van der Waals surface area contributed by atoms with Gasteiger partial charge in [-0.3, -0.25) is 0 Å². The summed E-state index contributed by atoms with van der Waals surface area (Å²) in [5.74, 6) is 0. The molecule has 1 unspecified atom stereocenters. The molecule has 0 spiro atoms. The Morgan fingerprint density at radius 1 is 1.30 bits per heavy atom. The van der Waals surface area contributed by atoms with Gasteiger partial charge in [0.05, 0.1) is 6.04 Å². The summed E-state index contributed by atoms with van der Waals surface area (Å²) in [5.41, 5.74) is 0.651. The Morgan fingerprint density at radius 2 is 2.00 bits per heavy atom. The molecule has 0 radical (unpaired) electrons. The lowest BCUT2D eigenvalue weighted by Crippen LogP contribution is -2.48.